The van der Waals surface area contributed by atoms with E-state index in [1.54, 1.807) is 20.5 Å². The number of nitrogens with one attached hydrogen (secondary N) is 1. The summed E-state index contributed by atoms with van der Waals surface area (Å²) in [6, 6.07) is 9.92. The Hall–Kier alpha value is -2.80. The van der Waals surface area contributed by atoms with Gasteiger partial charge in [-0.2, -0.15) is 0 Å². The summed E-state index contributed by atoms with van der Waals surface area (Å²) in [7, 11) is 3.30. The Morgan fingerprint density at radius 3 is 2.74 bits per heavy atom. The molecule has 6 nitrogen and oxygen atoms in total. The van der Waals surface area contributed by atoms with E-state index >= 15 is 0 Å². The molecule has 0 aliphatic rings. The number of methoxy groups -OCH3 is 2. The monoisotopic (exact) mass is 426 g/mol. The molecule has 0 aliphatic carbocycles. The van der Waals surface area contributed by atoms with Crippen molar-refractivity contribution in [2.24, 2.45) is 0 Å². The number of benzene rings is 2. The summed E-state index contributed by atoms with van der Waals surface area (Å²) < 4.78 is 13.8. The van der Waals surface area contributed by atoms with Crippen molar-refractivity contribution in [2.75, 3.05) is 19.5 Å². The third kappa shape index (κ3) is 3.19. The van der Waals surface area contributed by atoms with Gasteiger partial charge in [0.05, 0.1) is 37.8 Å². The number of halogens is 1. The van der Waals surface area contributed by atoms with E-state index in [1.807, 2.05) is 28.8 Å². The van der Waals surface area contributed by atoms with E-state index in [0.29, 0.717) is 6.54 Å². The first-order chi connectivity index (χ1) is 13.1. The van der Waals surface area contributed by atoms with E-state index in [9.17, 15) is 0 Å². The van der Waals surface area contributed by atoms with E-state index in [0.717, 1.165) is 49.5 Å². The van der Waals surface area contributed by atoms with Crippen LogP contribution in [0.1, 0.15) is 11.1 Å². The highest BCUT2D eigenvalue weighted by atomic mass is 79.9. The molecule has 0 fully saturated rings. The number of anilines is 1. The van der Waals surface area contributed by atoms with E-state index in [1.165, 1.54) is 0 Å². The van der Waals surface area contributed by atoms with Gasteiger partial charge < -0.3 is 14.8 Å². The number of ether oxygens (including phenoxy) is 2. The van der Waals surface area contributed by atoms with E-state index in [-0.39, 0.29) is 0 Å². The second kappa shape index (κ2) is 7.08. The largest absolute Gasteiger partial charge is 0.497 e. The number of aryl methyl sites for hydroxylation is 1. The molecule has 0 aliphatic heterocycles. The highest BCUT2D eigenvalue weighted by molar-refractivity contribution is 9.10. The zero-order valence-corrected chi connectivity index (χ0v) is 16.9. The van der Waals surface area contributed by atoms with Crippen molar-refractivity contribution in [2.45, 2.75) is 13.5 Å². The molecule has 1 N–H and O–H groups in total. The summed E-state index contributed by atoms with van der Waals surface area (Å²) in [4.78, 5) is 9.13. The summed E-state index contributed by atoms with van der Waals surface area (Å²) in [5.41, 5.74) is 4.99. The molecule has 0 bridgehead atoms. The van der Waals surface area contributed by atoms with Crippen LogP contribution in [0, 0.1) is 6.92 Å². The molecular weight excluding hydrogens is 408 g/mol. The molecule has 4 rings (SSSR count). The second-order valence-corrected chi connectivity index (χ2v) is 7.09. The van der Waals surface area contributed by atoms with Gasteiger partial charge in [-0.25, -0.2) is 9.97 Å². The molecule has 4 aromatic rings. The van der Waals surface area contributed by atoms with Crippen molar-refractivity contribution < 1.29 is 9.47 Å². The lowest BCUT2D eigenvalue weighted by molar-refractivity contribution is 0.391. The first-order valence-corrected chi connectivity index (χ1v) is 9.26. The summed E-state index contributed by atoms with van der Waals surface area (Å²) in [5, 5.41) is 3.42. The van der Waals surface area contributed by atoms with Gasteiger partial charge in [-0.15, -0.1) is 0 Å². The number of hydrogen-bond acceptors (Lipinski definition) is 5. The van der Waals surface area contributed by atoms with Gasteiger partial charge in [0.1, 0.15) is 17.0 Å². The molecule has 0 atom stereocenters. The fourth-order valence-electron chi connectivity index (χ4n) is 3.09. The fraction of sp³-hybridized carbons (Fsp3) is 0.200. The van der Waals surface area contributed by atoms with Gasteiger partial charge in [0, 0.05) is 22.6 Å². The van der Waals surface area contributed by atoms with Crippen molar-refractivity contribution in [1.82, 2.24) is 14.4 Å². The average Bonchev–Trinajstić information content (AvgIpc) is 3.17. The average molecular weight is 427 g/mol. The summed E-state index contributed by atoms with van der Waals surface area (Å²) >= 11 is 3.60. The number of rotatable bonds is 5. The minimum Gasteiger partial charge on any atom is -0.497 e. The van der Waals surface area contributed by atoms with E-state index in [4.69, 9.17) is 14.5 Å². The molecule has 138 valence electrons. The number of aromatic nitrogens is 3. The molecule has 0 radical (unpaired) electrons. The standard InChI is InChI=1S/C20H19BrN4O2/c1-12-6-16-17(8-15(12)21)25-11-22-10-18(25)20(24-16)23-9-13-4-5-14(26-2)7-19(13)27-3/h4-8,10-11H,9H2,1-3H3,(H,23,24). The van der Waals surface area contributed by atoms with Crippen LogP contribution in [0.25, 0.3) is 16.6 Å². The van der Waals surface area contributed by atoms with E-state index < -0.39 is 0 Å². The fourth-order valence-corrected chi connectivity index (χ4v) is 3.42. The zero-order valence-electron chi connectivity index (χ0n) is 15.3. The first kappa shape index (κ1) is 17.6. The SMILES string of the molecule is COc1ccc(CNc2nc3cc(C)c(Br)cc3n3cncc23)c(OC)c1. The Kier molecular flexibility index (Phi) is 4.61. The van der Waals surface area contributed by atoms with Crippen molar-refractivity contribution in [1.29, 1.82) is 0 Å². The second-order valence-electron chi connectivity index (χ2n) is 6.23. The topological polar surface area (TPSA) is 60.7 Å². The predicted molar refractivity (Wildman–Crippen MR) is 110 cm³/mol. The van der Waals surface area contributed by atoms with Crippen LogP contribution in [0.5, 0.6) is 11.5 Å². The third-order valence-corrected chi connectivity index (χ3v) is 5.42. The third-order valence-electron chi connectivity index (χ3n) is 4.57. The molecule has 0 saturated heterocycles. The molecule has 0 saturated carbocycles. The van der Waals surface area contributed by atoms with Gasteiger partial charge in [0.25, 0.3) is 0 Å². The van der Waals surface area contributed by atoms with E-state index in [2.05, 4.69) is 45.3 Å². The Morgan fingerprint density at radius 1 is 1.11 bits per heavy atom. The van der Waals surface area contributed by atoms with Crippen molar-refractivity contribution in [3.05, 3.63) is 58.5 Å². The van der Waals surface area contributed by atoms with Gasteiger partial charge in [-0.3, -0.25) is 4.40 Å². The maximum Gasteiger partial charge on any atom is 0.153 e. The molecule has 27 heavy (non-hydrogen) atoms. The molecule has 2 aromatic heterocycles. The van der Waals surface area contributed by atoms with Crippen LogP contribution in [0.4, 0.5) is 5.82 Å². The first-order valence-electron chi connectivity index (χ1n) is 8.47. The van der Waals surface area contributed by atoms with Gasteiger partial charge in [-0.05, 0) is 36.8 Å². The van der Waals surface area contributed by atoms with Crippen LogP contribution < -0.4 is 14.8 Å². The highest BCUT2D eigenvalue weighted by Gasteiger charge is 2.12. The van der Waals surface area contributed by atoms with Crippen LogP contribution in [0.2, 0.25) is 0 Å². The number of hydrogen-bond donors (Lipinski definition) is 1. The lowest BCUT2D eigenvalue weighted by Crippen LogP contribution is -2.06. The van der Waals surface area contributed by atoms with Gasteiger partial charge in [-0.1, -0.05) is 15.9 Å². The minimum absolute atomic E-state index is 0.571. The summed E-state index contributed by atoms with van der Waals surface area (Å²) in [5.74, 6) is 2.31. The Labute approximate surface area is 165 Å². The van der Waals surface area contributed by atoms with Crippen molar-refractivity contribution >= 4 is 38.3 Å². The summed E-state index contributed by atoms with van der Waals surface area (Å²) in [6.07, 6.45) is 3.62. The molecule has 0 amide bonds. The maximum atomic E-state index is 5.48. The van der Waals surface area contributed by atoms with Gasteiger partial charge in [0.15, 0.2) is 5.82 Å². The highest BCUT2D eigenvalue weighted by Crippen LogP contribution is 2.29. The molecule has 7 heteroatoms. The minimum atomic E-state index is 0.571. The van der Waals surface area contributed by atoms with Gasteiger partial charge in [0.2, 0.25) is 0 Å². The zero-order chi connectivity index (χ0) is 19.0. The normalized spacial score (nSPS) is 11.1. The lowest BCUT2D eigenvalue weighted by Gasteiger charge is -2.14. The maximum absolute atomic E-state index is 5.48. The molecular formula is C20H19BrN4O2. The van der Waals surface area contributed by atoms with Crippen LogP contribution in [0.15, 0.2) is 47.3 Å². The Bertz CT molecular complexity index is 1140. The van der Waals surface area contributed by atoms with Crippen LogP contribution in [-0.4, -0.2) is 28.6 Å². The number of fused-ring (bicyclic) bond motifs is 3. The number of imidazole rings is 1. The summed E-state index contributed by atoms with van der Waals surface area (Å²) in [6.45, 7) is 2.63. The van der Waals surface area contributed by atoms with Crippen LogP contribution in [0.3, 0.4) is 0 Å². The number of nitrogens with zero attached hydrogens (tertiary/aromatic N) is 3. The van der Waals surface area contributed by atoms with Crippen molar-refractivity contribution in [3.8, 4) is 11.5 Å². The van der Waals surface area contributed by atoms with Crippen LogP contribution in [-0.2, 0) is 6.54 Å². The Morgan fingerprint density at radius 2 is 1.96 bits per heavy atom. The van der Waals surface area contributed by atoms with Gasteiger partial charge >= 0.3 is 0 Å². The molecule has 0 unspecified atom stereocenters. The van der Waals surface area contributed by atoms with Crippen molar-refractivity contribution in [3.63, 3.8) is 0 Å². The predicted octanol–water partition coefficient (Wildman–Crippen LogP) is 4.58. The molecule has 2 aromatic carbocycles. The Balaban J connectivity index is 1.73. The molecule has 2 heterocycles. The van der Waals surface area contributed by atoms with Crippen LogP contribution >= 0.6 is 15.9 Å². The quantitative estimate of drug-likeness (QED) is 0.505. The molecule has 0 spiro atoms. The smallest absolute Gasteiger partial charge is 0.153 e. The lowest BCUT2D eigenvalue weighted by atomic mass is 10.2.